The van der Waals surface area contributed by atoms with Crippen molar-refractivity contribution < 1.29 is 19.3 Å². The van der Waals surface area contributed by atoms with Crippen molar-refractivity contribution in [1.29, 1.82) is 0 Å². The molecular formula is C19H29NO4. The monoisotopic (exact) mass is 335 g/mol. The van der Waals surface area contributed by atoms with Gasteiger partial charge in [-0.2, -0.15) is 0 Å². The van der Waals surface area contributed by atoms with E-state index in [1.165, 1.54) is 0 Å². The van der Waals surface area contributed by atoms with Crippen molar-refractivity contribution in [2.45, 2.75) is 39.0 Å². The molecule has 0 bridgehead atoms. The van der Waals surface area contributed by atoms with Gasteiger partial charge in [0.15, 0.2) is 11.5 Å². The van der Waals surface area contributed by atoms with Crippen LogP contribution in [-0.4, -0.2) is 56.1 Å². The van der Waals surface area contributed by atoms with Gasteiger partial charge in [-0.15, -0.1) is 6.42 Å². The first kappa shape index (κ1) is 20.3. The fourth-order valence-electron chi connectivity index (χ4n) is 2.45. The molecule has 0 aliphatic carbocycles. The fraction of sp³-hybridized carbons (Fsp3) is 0.579. The van der Waals surface area contributed by atoms with Gasteiger partial charge in [-0.25, -0.2) is 0 Å². The number of terminal acetylenes is 1. The maximum atomic E-state index is 10.2. The van der Waals surface area contributed by atoms with Gasteiger partial charge in [0.05, 0.1) is 26.9 Å². The molecule has 134 valence electrons. The highest BCUT2D eigenvalue weighted by Crippen LogP contribution is 2.28. The highest BCUT2D eigenvalue weighted by atomic mass is 16.5. The molecule has 0 aliphatic rings. The third kappa shape index (κ3) is 6.40. The molecule has 0 aliphatic heterocycles. The van der Waals surface area contributed by atoms with Gasteiger partial charge in [0.2, 0.25) is 0 Å². The van der Waals surface area contributed by atoms with Gasteiger partial charge >= 0.3 is 0 Å². The van der Waals surface area contributed by atoms with E-state index in [1.54, 1.807) is 14.2 Å². The standard InChI is InChI=1S/C19H29NO4/c1-6-10-24-14-17(21)13-20(15(3)7-2)12-16-8-9-18(22-4)19(11-16)23-5/h1,8-9,11,15,17,21H,7,10,12-14H2,2-5H3/t15-,17-/m1/s1. The Morgan fingerprint density at radius 3 is 2.54 bits per heavy atom. The first-order chi connectivity index (χ1) is 11.5. The lowest BCUT2D eigenvalue weighted by Gasteiger charge is -2.30. The van der Waals surface area contributed by atoms with Crippen LogP contribution in [0, 0.1) is 12.3 Å². The number of methoxy groups -OCH3 is 2. The minimum Gasteiger partial charge on any atom is -0.493 e. The summed E-state index contributed by atoms with van der Waals surface area (Å²) in [6.45, 7) is 5.97. The lowest BCUT2D eigenvalue weighted by molar-refractivity contribution is 0.0170. The maximum Gasteiger partial charge on any atom is 0.161 e. The second kappa shape index (κ2) is 10.9. The van der Waals surface area contributed by atoms with Crippen molar-refractivity contribution >= 4 is 0 Å². The van der Waals surface area contributed by atoms with Crippen molar-refractivity contribution in [3.8, 4) is 23.8 Å². The molecule has 0 spiro atoms. The molecule has 1 aromatic rings. The Kier molecular flexibility index (Phi) is 9.24. The highest BCUT2D eigenvalue weighted by molar-refractivity contribution is 5.42. The third-order valence-corrected chi connectivity index (χ3v) is 3.99. The summed E-state index contributed by atoms with van der Waals surface area (Å²) in [7, 11) is 3.25. The summed E-state index contributed by atoms with van der Waals surface area (Å²) >= 11 is 0. The van der Waals surface area contributed by atoms with E-state index < -0.39 is 6.10 Å². The molecule has 0 saturated carbocycles. The zero-order valence-corrected chi connectivity index (χ0v) is 15.1. The first-order valence-electron chi connectivity index (χ1n) is 8.19. The van der Waals surface area contributed by atoms with Gasteiger partial charge in [0.1, 0.15) is 6.61 Å². The summed E-state index contributed by atoms with van der Waals surface area (Å²) in [5.74, 6) is 3.81. The molecule has 0 heterocycles. The number of benzene rings is 1. The summed E-state index contributed by atoms with van der Waals surface area (Å²) < 4.78 is 15.9. The molecule has 1 N–H and O–H groups in total. The molecular weight excluding hydrogens is 306 g/mol. The zero-order valence-electron chi connectivity index (χ0n) is 15.1. The van der Waals surface area contributed by atoms with E-state index >= 15 is 0 Å². The molecule has 1 rings (SSSR count). The number of hydrogen-bond acceptors (Lipinski definition) is 5. The third-order valence-electron chi connectivity index (χ3n) is 3.99. The molecule has 0 saturated heterocycles. The quantitative estimate of drug-likeness (QED) is 0.497. The molecule has 24 heavy (non-hydrogen) atoms. The lowest BCUT2D eigenvalue weighted by Crippen LogP contribution is -2.40. The smallest absolute Gasteiger partial charge is 0.161 e. The fourth-order valence-corrected chi connectivity index (χ4v) is 2.45. The number of rotatable bonds is 11. The van der Waals surface area contributed by atoms with E-state index in [9.17, 15) is 5.11 Å². The van der Waals surface area contributed by atoms with Crippen LogP contribution < -0.4 is 9.47 Å². The number of ether oxygens (including phenoxy) is 3. The van der Waals surface area contributed by atoms with Crippen molar-refractivity contribution in [1.82, 2.24) is 4.90 Å². The highest BCUT2D eigenvalue weighted by Gasteiger charge is 2.18. The van der Waals surface area contributed by atoms with Gasteiger partial charge in [-0.1, -0.05) is 18.9 Å². The van der Waals surface area contributed by atoms with Gasteiger partial charge < -0.3 is 19.3 Å². The zero-order chi connectivity index (χ0) is 17.9. The number of aliphatic hydroxyl groups is 1. The first-order valence-corrected chi connectivity index (χ1v) is 8.19. The second-order valence-corrected chi connectivity index (χ2v) is 5.75. The van der Waals surface area contributed by atoms with E-state index in [0.29, 0.717) is 30.6 Å². The average Bonchev–Trinajstić information content (AvgIpc) is 2.60. The van der Waals surface area contributed by atoms with Gasteiger partial charge in [-0.05, 0) is 31.0 Å². The van der Waals surface area contributed by atoms with E-state index in [2.05, 4.69) is 24.7 Å². The molecule has 1 aromatic carbocycles. The van der Waals surface area contributed by atoms with Crippen molar-refractivity contribution in [3.05, 3.63) is 23.8 Å². The van der Waals surface area contributed by atoms with Crippen LogP contribution in [0.3, 0.4) is 0 Å². The Balaban J connectivity index is 2.77. The number of aliphatic hydroxyl groups excluding tert-OH is 1. The van der Waals surface area contributed by atoms with Crippen LogP contribution in [0.25, 0.3) is 0 Å². The SMILES string of the molecule is C#CCOC[C@H](O)CN(Cc1ccc(OC)c(OC)c1)[C@H](C)CC. The summed E-state index contributed by atoms with van der Waals surface area (Å²) in [6.07, 6.45) is 5.56. The van der Waals surface area contributed by atoms with Gasteiger partial charge in [-0.3, -0.25) is 4.90 Å². The van der Waals surface area contributed by atoms with Crippen LogP contribution in [0.15, 0.2) is 18.2 Å². The molecule has 2 atom stereocenters. The summed E-state index contributed by atoms with van der Waals surface area (Å²) in [6, 6.07) is 6.21. The Labute approximate surface area is 145 Å². The van der Waals surface area contributed by atoms with Crippen LogP contribution in [0.2, 0.25) is 0 Å². The van der Waals surface area contributed by atoms with Crippen LogP contribution >= 0.6 is 0 Å². The Morgan fingerprint density at radius 2 is 1.96 bits per heavy atom. The minimum atomic E-state index is -0.576. The topological polar surface area (TPSA) is 51.2 Å². The van der Waals surface area contributed by atoms with Crippen LogP contribution in [0.4, 0.5) is 0 Å². The summed E-state index contributed by atoms with van der Waals surface area (Å²) in [5, 5.41) is 10.2. The van der Waals surface area contributed by atoms with Crippen molar-refractivity contribution in [2.24, 2.45) is 0 Å². The minimum absolute atomic E-state index is 0.218. The van der Waals surface area contributed by atoms with E-state index in [-0.39, 0.29) is 13.2 Å². The molecule has 0 unspecified atom stereocenters. The van der Waals surface area contributed by atoms with Crippen LogP contribution in [0.1, 0.15) is 25.8 Å². The van der Waals surface area contributed by atoms with Crippen molar-refractivity contribution in [3.63, 3.8) is 0 Å². The van der Waals surface area contributed by atoms with E-state index in [1.807, 2.05) is 18.2 Å². The molecule has 5 nitrogen and oxygen atoms in total. The number of nitrogens with zero attached hydrogens (tertiary/aromatic N) is 1. The van der Waals surface area contributed by atoms with Crippen LogP contribution in [-0.2, 0) is 11.3 Å². The Bertz CT molecular complexity index is 527. The predicted molar refractivity (Wildman–Crippen MR) is 95.4 cm³/mol. The normalized spacial score (nSPS) is 13.4. The van der Waals surface area contributed by atoms with E-state index in [0.717, 1.165) is 12.0 Å². The summed E-state index contributed by atoms with van der Waals surface area (Å²) in [5.41, 5.74) is 1.10. The maximum absolute atomic E-state index is 10.2. The molecule has 0 radical (unpaired) electrons. The van der Waals surface area contributed by atoms with Gasteiger partial charge in [0, 0.05) is 19.1 Å². The average molecular weight is 335 g/mol. The summed E-state index contributed by atoms with van der Waals surface area (Å²) in [4.78, 5) is 2.23. The Hall–Kier alpha value is -1.74. The van der Waals surface area contributed by atoms with Crippen molar-refractivity contribution in [2.75, 3.05) is 34.0 Å². The largest absolute Gasteiger partial charge is 0.493 e. The molecule has 5 heteroatoms. The molecule has 0 amide bonds. The Morgan fingerprint density at radius 1 is 1.25 bits per heavy atom. The second-order valence-electron chi connectivity index (χ2n) is 5.75. The van der Waals surface area contributed by atoms with Gasteiger partial charge in [0.25, 0.3) is 0 Å². The molecule has 0 fully saturated rings. The van der Waals surface area contributed by atoms with E-state index in [4.69, 9.17) is 20.6 Å². The lowest BCUT2D eigenvalue weighted by atomic mass is 10.1. The number of hydrogen-bond donors (Lipinski definition) is 1. The predicted octanol–water partition coefficient (Wildman–Crippen LogP) is 2.32. The van der Waals surface area contributed by atoms with Crippen LogP contribution in [0.5, 0.6) is 11.5 Å². The molecule has 0 aromatic heterocycles.